The van der Waals surface area contributed by atoms with Gasteiger partial charge in [0.25, 0.3) is 0 Å². The van der Waals surface area contributed by atoms with Crippen molar-refractivity contribution in [1.29, 1.82) is 0 Å². The number of hydrogen-bond acceptors (Lipinski definition) is 1. The average Bonchev–Trinajstić information content (AvgIpc) is 2.67. The van der Waals surface area contributed by atoms with Crippen LogP contribution in [0.15, 0.2) is 36.4 Å². The standard InChI is InChI=1S/C24H36OP2/c1-5-24(4,12-14-26)11-6-13-25-23-16-21(17-27)22(15-19(23)3)20-9-7-18(2)8-10-20/h7-10,15-16H,5-6,11-14,17,26-27H2,1-4H3. The van der Waals surface area contributed by atoms with Crippen molar-refractivity contribution in [2.24, 2.45) is 5.41 Å². The van der Waals surface area contributed by atoms with Crippen LogP contribution >= 0.6 is 18.5 Å². The Morgan fingerprint density at radius 1 is 1.00 bits per heavy atom. The maximum atomic E-state index is 6.19. The largest absolute Gasteiger partial charge is 0.493 e. The fourth-order valence-corrected chi connectivity index (χ4v) is 4.60. The van der Waals surface area contributed by atoms with Crippen LogP contribution in [-0.2, 0) is 6.16 Å². The second-order valence-electron chi connectivity index (χ2n) is 8.00. The molecule has 27 heavy (non-hydrogen) atoms. The maximum absolute atomic E-state index is 6.19. The van der Waals surface area contributed by atoms with Crippen LogP contribution in [0.2, 0.25) is 0 Å². The Kier molecular flexibility index (Phi) is 8.78. The summed E-state index contributed by atoms with van der Waals surface area (Å²) in [5.74, 6) is 1.03. The van der Waals surface area contributed by atoms with Crippen LogP contribution < -0.4 is 4.74 Å². The van der Waals surface area contributed by atoms with Gasteiger partial charge in [0.15, 0.2) is 0 Å². The van der Waals surface area contributed by atoms with Crippen molar-refractivity contribution in [3.8, 4) is 16.9 Å². The van der Waals surface area contributed by atoms with Gasteiger partial charge < -0.3 is 4.74 Å². The second kappa shape index (κ2) is 10.6. The number of hydrogen-bond donors (Lipinski definition) is 0. The van der Waals surface area contributed by atoms with Crippen molar-refractivity contribution < 1.29 is 4.74 Å². The third-order valence-corrected chi connectivity index (χ3v) is 6.50. The van der Waals surface area contributed by atoms with Crippen LogP contribution in [0.3, 0.4) is 0 Å². The topological polar surface area (TPSA) is 9.23 Å². The van der Waals surface area contributed by atoms with Gasteiger partial charge in [-0.2, -0.15) is 0 Å². The molecule has 0 saturated carbocycles. The summed E-state index contributed by atoms with van der Waals surface area (Å²) in [7, 11) is 5.73. The molecule has 0 amide bonds. The lowest BCUT2D eigenvalue weighted by molar-refractivity contribution is 0.228. The highest BCUT2D eigenvalue weighted by Gasteiger charge is 2.20. The van der Waals surface area contributed by atoms with Crippen LogP contribution in [0.5, 0.6) is 5.75 Å². The van der Waals surface area contributed by atoms with Crippen molar-refractivity contribution in [3.05, 3.63) is 53.1 Å². The summed E-state index contributed by atoms with van der Waals surface area (Å²) in [6.45, 7) is 9.80. The molecule has 0 heterocycles. The molecule has 1 nitrogen and oxygen atoms in total. The molecule has 0 aliphatic heterocycles. The molecule has 0 spiro atoms. The van der Waals surface area contributed by atoms with Gasteiger partial charge in [-0.25, -0.2) is 0 Å². The first-order valence-corrected chi connectivity index (χ1v) is 11.8. The van der Waals surface area contributed by atoms with E-state index in [-0.39, 0.29) is 0 Å². The van der Waals surface area contributed by atoms with Gasteiger partial charge in [-0.15, -0.1) is 18.5 Å². The Morgan fingerprint density at radius 3 is 2.30 bits per heavy atom. The summed E-state index contributed by atoms with van der Waals surface area (Å²) in [6, 6.07) is 13.3. The van der Waals surface area contributed by atoms with Gasteiger partial charge in [-0.1, -0.05) is 50.1 Å². The number of aryl methyl sites for hydroxylation is 2. The van der Waals surface area contributed by atoms with E-state index < -0.39 is 0 Å². The Morgan fingerprint density at radius 2 is 1.70 bits per heavy atom. The Balaban J connectivity index is 2.07. The van der Waals surface area contributed by atoms with E-state index in [2.05, 4.69) is 82.6 Å². The third-order valence-electron chi connectivity index (χ3n) is 5.77. The van der Waals surface area contributed by atoms with Crippen LogP contribution in [0.4, 0.5) is 0 Å². The van der Waals surface area contributed by atoms with E-state index in [1.54, 1.807) is 0 Å². The first-order valence-electron chi connectivity index (χ1n) is 10.2. The molecule has 0 aromatic heterocycles. The van der Waals surface area contributed by atoms with Crippen LogP contribution in [-0.4, -0.2) is 12.8 Å². The molecule has 0 aliphatic rings. The predicted octanol–water partition coefficient (Wildman–Crippen LogP) is 7.19. The van der Waals surface area contributed by atoms with E-state index in [9.17, 15) is 0 Å². The van der Waals surface area contributed by atoms with Crippen molar-refractivity contribution in [2.45, 2.75) is 59.5 Å². The minimum atomic E-state index is 0.445. The average molecular weight is 402 g/mol. The summed E-state index contributed by atoms with van der Waals surface area (Å²) in [6.07, 6.45) is 6.97. The Labute approximate surface area is 171 Å². The molecule has 2 rings (SSSR count). The molecule has 2 aromatic carbocycles. The van der Waals surface area contributed by atoms with E-state index in [4.69, 9.17) is 4.74 Å². The zero-order valence-electron chi connectivity index (χ0n) is 17.5. The lowest BCUT2D eigenvalue weighted by Gasteiger charge is -2.27. The minimum Gasteiger partial charge on any atom is -0.493 e. The monoisotopic (exact) mass is 402 g/mol. The zero-order chi connectivity index (χ0) is 19.9. The van der Waals surface area contributed by atoms with Gasteiger partial charge in [0.1, 0.15) is 5.75 Å². The molecule has 148 valence electrons. The normalized spacial score (nSPS) is 13.4. The van der Waals surface area contributed by atoms with Gasteiger partial charge in [-0.05, 0) is 85.2 Å². The van der Waals surface area contributed by atoms with E-state index in [0.29, 0.717) is 5.41 Å². The van der Waals surface area contributed by atoms with Crippen molar-refractivity contribution in [2.75, 3.05) is 12.8 Å². The molecule has 0 saturated heterocycles. The van der Waals surface area contributed by atoms with Crippen LogP contribution in [0.25, 0.3) is 11.1 Å². The molecule has 3 atom stereocenters. The van der Waals surface area contributed by atoms with E-state index in [0.717, 1.165) is 24.9 Å². The first-order chi connectivity index (χ1) is 12.9. The predicted molar refractivity (Wildman–Crippen MR) is 127 cm³/mol. The fourth-order valence-electron chi connectivity index (χ4n) is 3.56. The Hall–Kier alpha value is -0.900. The maximum Gasteiger partial charge on any atom is 0.122 e. The fraction of sp³-hybridized carbons (Fsp3) is 0.500. The smallest absolute Gasteiger partial charge is 0.122 e. The minimum absolute atomic E-state index is 0.445. The molecule has 3 heteroatoms. The molecule has 0 radical (unpaired) electrons. The first kappa shape index (κ1) is 22.4. The Bertz CT molecular complexity index is 724. The summed E-state index contributed by atoms with van der Waals surface area (Å²) < 4.78 is 6.19. The summed E-state index contributed by atoms with van der Waals surface area (Å²) in [5, 5.41) is 0. The van der Waals surface area contributed by atoms with E-state index >= 15 is 0 Å². The highest BCUT2D eigenvalue weighted by Crippen LogP contribution is 2.34. The molecular weight excluding hydrogens is 366 g/mol. The zero-order valence-corrected chi connectivity index (χ0v) is 19.8. The summed E-state index contributed by atoms with van der Waals surface area (Å²) >= 11 is 0. The van der Waals surface area contributed by atoms with Gasteiger partial charge in [-0.3, -0.25) is 0 Å². The van der Waals surface area contributed by atoms with Crippen LogP contribution in [0.1, 0.15) is 56.2 Å². The molecule has 2 aromatic rings. The second-order valence-corrected chi connectivity index (χ2v) is 8.99. The van der Waals surface area contributed by atoms with E-state index in [1.807, 2.05) is 0 Å². The van der Waals surface area contributed by atoms with Crippen LogP contribution in [0, 0.1) is 19.3 Å². The molecule has 0 fully saturated rings. The lowest BCUT2D eigenvalue weighted by Crippen LogP contribution is -2.17. The molecule has 0 bridgehead atoms. The van der Waals surface area contributed by atoms with Crippen molar-refractivity contribution in [3.63, 3.8) is 0 Å². The number of benzene rings is 2. The van der Waals surface area contributed by atoms with Gasteiger partial charge in [0, 0.05) is 0 Å². The highest BCUT2D eigenvalue weighted by atomic mass is 31.0. The quantitative estimate of drug-likeness (QED) is 0.302. The number of rotatable bonds is 10. The van der Waals surface area contributed by atoms with Gasteiger partial charge in [0.05, 0.1) is 6.61 Å². The van der Waals surface area contributed by atoms with Gasteiger partial charge in [0.2, 0.25) is 0 Å². The third kappa shape index (κ3) is 6.30. The lowest BCUT2D eigenvalue weighted by atomic mass is 9.80. The molecule has 3 unspecified atom stereocenters. The van der Waals surface area contributed by atoms with Gasteiger partial charge >= 0.3 is 0 Å². The highest BCUT2D eigenvalue weighted by molar-refractivity contribution is 7.16. The molecule has 0 aliphatic carbocycles. The SMILES string of the molecule is CCC(C)(CCP)CCCOc1cc(CP)c(-c2ccc(C)cc2)cc1C. The number of ether oxygens (including phenoxy) is 1. The van der Waals surface area contributed by atoms with Crippen molar-refractivity contribution >= 4 is 18.5 Å². The molecule has 0 N–H and O–H groups in total. The summed E-state index contributed by atoms with van der Waals surface area (Å²) in [4.78, 5) is 0. The van der Waals surface area contributed by atoms with E-state index in [1.165, 1.54) is 53.2 Å². The molecular formula is C24H36OP2. The summed E-state index contributed by atoms with van der Waals surface area (Å²) in [5.41, 5.74) is 6.88. The van der Waals surface area contributed by atoms with Crippen molar-refractivity contribution in [1.82, 2.24) is 0 Å².